The van der Waals surface area contributed by atoms with Crippen LogP contribution in [-0.2, 0) is 0 Å². The van der Waals surface area contributed by atoms with E-state index >= 15 is 0 Å². The Morgan fingerprint density at radius 1 is 1.13 bits per heavy atom. The number of benzene rings is 1. The molecule has 0 atom stereocenters. The van der Waals surface area contributed by atoms with Gasteiger partial charge in [0.05, 0.1) is 13.6 Å². The van der Waals surface area contributed by atoms with Gasteiger partial charge in [0.1, 0.15) is 0 Å². The van der Waals surface area contributed by atoms with Crippen LogP contribution in [0.25, 0.3) is 0 Å². The van der Waals surface area contributed by atoms with Crippen LogP contribution in [0.4, 0.5) is 12.9 Å². The van der Waals surface area contributed by atoms with Crippen LogP contribution in [0.15, 0.2) is 24.3 Å². The molecule has 0 aromatic heterocycles. The summed E-state index contributed by atoms with van der Waals surface area (Å²) < 4.78 is 45.0. The van der Waals surface area contributed by atoms with Gasteiger partial charge in [0.15, 0.2) is 11.5 Å². The zero-order chi connectivity index (χ0) is 10.6. The largest absolute Gasteiger partial charge is 1.00 e. The molecule has 1 aromatic rings. The summed E-state index contributed by atoms with van der Waals surface area (Å²) in [5.41, 5.74) is 0. The molecule has 78 valence electrons. The van der Waals surface area contributed by atoms with E-state index in [1.165, 1.54) is 13.2 Å². The van der Waals surface area contributed by atoms with Crippen molar-refractivity contribution < 1.29 is 73.8 Å². The molecule has 0 bridgehead atoms. The summed E-state index contributed by atoms with van der Waals surface area (Å²) in [6, 6.07) is 6.21. The molecule has 0 heterocycles. The zero-order valence-electron chi connectivity index (χ0n) is 8.54. The van der Waals surface area contributed by atoms with Crippen molar-refractivity contribution in [3.63, 3.8) is 0 Å². The molecule has 0 aliphatic rings. The van der Waals surface area contributed by atoms with Gasteiger partial charge in [-0.2, -0.15) is 0 Å². The van der Waals surface area contributed by atoms with Gasteiger partial charge >= 0.3 is 58.4 Å². The number of ether oxygens (including phenoxy) is 2. The van der Waals surface area contributed by atoms with Crippen LogP contribution in [0, 0.1) is 0 Å². The van der Waals surface area contributed by atoms with Crippen LogP contribution < -0.4 is 60.9 Å². The summed E-state index contributed by atoms with van der Waals surface area (Å²) in [7, 11) is 1.38. The predicted octanol–water partition coefficient (Wildman–Crippen LogP) is -0.535. The maximum Gasteiger partial charge on any atom is 1.00 e. The number of halogens is 3. The first-order valence-corrected chi connectivity index (χ1v) is 4.00. The fraction of sp³-hybridized carbons (Fsp3) is 0.250. The fourth-order valence-corrected chi connectivity index (χ4v) is 0.922. The van der Waals surface area contributed by atoms with E-state index in [9.17, 15) is 12.9 Å². The zero-order valence-corrected chi connectivity index (χ0v) is 11.7. The molecule has 2 nitrogen and oxygen atoms in total. The van der Waals surface area contributed by atoms with E-state index in [4.69, 9.17) is 4.74 Å². The van der Waals surface area contributed by atoms with E-state index in [0.29, 0.717) is 5.75 Å². The molecule has 0 fully saturated rings. The Hall–Kier alpha value is 0.311. The van der Waals surface area contributed by atoms with Crippen LogP contribution in [0.1, 0.15) is 0 Å². The Bertz CT molecular complexity index is 306. The van der Waals surface area contributed by atoms with Gasteiger partial charge in [0.25, 0.3) is 0 Å². The Labute approximate surface area is 129 Å². The van der Waals surface area contributed by atoms with Crippen molar-refractivity contribution in [3.8, 4) is 11.5 Å². The van der Waals surface area contributed by atoms with Crippen molar-refractivity contribution in [2.45, 2.75) is 0 Å². The number of para-hydroxylation sites is 2. The molecule has 15 heavy (non-hydrogen) atoms. The summed E-state index contributed by atoms with van der Waals surface area (Å²) in [6.07, 6.45) is 0. The molecular formula is C8H9BF3KO2. The first-order chi connectivity index (χ1) is 6.53. The molecule has 0 saturated heterocycles. The topological polar surface area (TPSA) is 18.5 Å². The van der Waals surface area contributed by atoms with Gasteiger partial charge in [-0.3, -0.25) is 0 Å². The van der Waals surface area contributed by atoms with Gasteiger partial charge in [0.2, 0.25) is 0 Å². The first kappa shape index (κ1) is 15.3. The molecule has 0 amide bonds. The molecule has 0 unspecified atom stereocenters. The van der Waals surface area contributed by atoms with E-state index in [1.807, 2.05) is 0 Å². The second-order valence-corrected chi connectivity index (χ2v) is 2.67. The van der Waals surface area contributed by atoms with Crippen LogP contribution in [0.5, 0.6) is 11.5 Å². The first-order valence-electron chi connectivity index (χ1n) is 4.00. The van der Waals surface area contributed by atoms with Gasteiger partial charge < -0.3 is 22.4 Å². The van der Waals surface area contributed by atoms with Crippen molar-refractivity contribution in [1.29, 1.82) is 0 Å². The number of hydrogen-bond donors (Lipinski definition) is 0. The minimum atomic E-state index is -4.93. The normalized spacial score (nSPS) is 10.4. The van der Waals surface area contributed by atoms with Crippen LogP contribution >= 0.6 is 0 Å². The Balaban J connectivity index is 0.00000196. The van der Waals surface area contributed by atoms with Gasteiger partial charge in [0, 0.05) is 0 Å². The molecule has 0 aliphatic carbocycles. The average molecular weight is 244 g/mol. The van der Waals surface area contributed by atoms with Crippen LogP contribution in [-0.4, -0.2) is 20.6 Å². The third-order valence-corrected chi connectivity index (χ3v) is 1.50. The van der Waals surface area contributed by atoms with Gasteiger partial charge in [-0.25, -0.2) is 0 Å². The number of hydrogen-bond acceptors (Lipinski definition) is 2. The minimum Gasteiger partial charge on any atom is -0.519 e. The Morgan fingerprint density at radius 2 is 1.67 bits per heavy atom. The standard InChI is InChI=1S/C8H9BF3O2.K/c1-13-7-4-2-3-5-8(7)14-6-9(10,11)12;/h2-5H,6H2,1H3;/q-1;+1. The molecule has 0 N–H and O–H groups in total. The Morgan fingerprint density at radius 3 is 2.13 bits per heavy atom. The molecule has 1 aromatic carbocycles. The number of rotatable bonds is 4. The maximum absolute atomic E-state index is 11.9. The van der Waals surface area contributed by atoms with Gasteiger partial charge in [-0.05, 0) is 12.1 Å². The SMILES string of the molecule is COc1ccccc1OC[B-](F)(F)F.[K+]. The molecule has 1 rings (SSSR count). The second kappa shape index (κ2) is 6.80. The fourth-order valence-electron chi connectivity index (χ4n) is 0.922. The molecule has 0 saturated carbocycles. The van der Waals surface area contributed by atoms with Crippen molar-refractivity contribution in [1.82, 2.24) is 0 Å². The van der Waals surface area contributed by atoms with E-state index < -0.39 is 13.5 Å². The van der Waals surface area contributed by atoms with Crippen LogP contribution in [0.2, 0.25) is 0 Å². The average Bonchev–Trinajstić information content (AvgIpc) is 2.14. The predicted molar refractivity (Wildman–Crippen MR) is 47.6 cm³/mol. The molecular weight excluding hydrogens is 235 g/mol. The summed E-state index contributed by atoms with van der Waals surface area (Å²) >= 11 is 0. The van der Waals surface area contributed by atoms with E-state index in [-0.39, 0.29) is 57.1 Å². The van der Waals surface area contributed by atoms with Gasteiger partial charge in [-0.15, -0.1) is 0 Å². The summed E-state index contributed by atoms with van der Waals surface area (Å²) in [5, 5.41) is 0. The monoisotopic (exact) mass is 244 g/mol. The molecule has 7 heteroatoms. The van der Waals surface area contributed by atoms with Crippen molar-refractivity contribution >= 4 is 6.98 Å². The third-order valence-electron chi connectivity index (χ3n) is 1.50. The Kier molecular flexibility index (Phi) is 6.94. The number of methoxy groups -OCH3 is 1. The smallest absolute Gasteiger partial charge is 0.519 e. The molecule has 0 radical (unpaired) electrons. The van der Waals surface area contributed by atoms with Crippen LogP contribution in [0.3, 0.4) is 0 Å². The summed E-state index contributed by atoms with van der Waals surface area (Å²) in [6.45, 7) is -6.18. The van der Waals surface area contributed by atoms with Crippen molar-refractivity contribution in [2.24, 2.45) is 0 Å². The molecule has 0 spiro atoms. The minimum absolute atomic E-state index is 0. The quantitative estimate of drug-likeness (QED) is 0.662. The molecule has 0 aliphatic heterocycles. The van der Waals surface area contributed by atoms with E-state index in [2.05, 4.69) is 4.74 Å². The third kappa shape index (κ3) is 5.82. The van der Waals surface area contributed by atoms with Crippen molar-refractivity contribution in [2.75, 3.05) is 13.6 Å². The maximum atomic E-state index is 11.9. The van der Waals surface area contributed by atoms with E-state index in [0.717, 1.165) is 0 Å². The van der Waals surface area contributed by atoms with Crippen molar-refractivity contribution in [3.05, 3.63) is 24.3 Å². The summed E-state index contributed by atoms with van der Waals surface area (Å²) in [5.74, 6) is 0.404. The van der Waals surface area contributed by atoms with E-state index in [1.54, 1.807) is 18.2 Å². The summed E-state index contributed by atoms with van der Waals surface area (Å²) in [4.78, 5) is 0. The second-order valence-electron chi connectivity index (χ2n) is 2.67. The van der Waals surface area contributed by atoms with Gasteiger partial charge in [-0.1, -0.05) is 12.1 Å².